The molecule has 7 nitrogen and oxygen atoms in total. The first-order chi connectivity index (χ1) is 10.1. The van der Waals surface area contributed by atoms with Crippen LogP contribution in [0.1, 0.15) is 24.3 Å². The van der Waals surface area contributed by atoms with E-state index in [0.717, 1.165) is 5.75 Å². The molecule has 0 aliphatic heterocycles. The van der Waals surface area contributed by atoms with Crippen molar-refractivity contribution in [2.24, 2.45) is 5.84 Å². The smallest absolute Gasteiger partial charge is 0.275 e. The van der Waals surface area contributed by atoms with Gasteiger partial charge in [-0.2, -0.15) is 0 Å². The number of carbonyl (C=O) groups excluding carboxylic acids is 1. The van der Waals surface area contributed by atoms with Crippen LogP contribution in [0, 0.1) is 0 Å². The van der Waals surface area contributed by atoms with E-state index in [-0.39, 0.29) is 17.7 Å². The van der Waals surface area contributed by atoms with Gasteiger partial charge in [0.25, 0.3) is 5.91 Å². The van der Waals surface area contributed by atoms with Crippen LogP contribution in [0.3, 0.4) is 0 Å². The van der Waals surface area contributed by atoms with E-state index in [9.17, 15) is 4.79 Å². The summed E-state index contributed by atoms with van der Waals surface area (Å²) in [5.41, 5.74) is 3.20. The summed E-state index contributed by atoms with van der Waals surface area (Å²) < 4.78 is 5.53. The van der Waals surface area contributed by atoms with Gasteiger partial charge in [0, 0.05) is 5.69 Å². The normalized spacial score (nSPS) is 10.3. The molecule has 0 aliphatic rings. The molecule has 0 bridgehead atoms. The van der Waals surface area contributed by atoms with Crippen LogP contribution in [0.2, 0.25) is 0 Å². The molecule has 0 saturated carbocycles. The second-order valence-electron chi connectivity index (χ2n) is 4.58. The predicted octanol–water partition coefficient (Wildman–Crippen LogP) is 1.80. The number of hydrogen-bond acceptors (Lipinski definition) is 6. The van der Waals surface area contributed by atoms with Crippen LogP contribution in [0.15, 0.2) is 36.7 Å². The lowest BCUT2D eigenvalue weighted by molar-refractivity contribution is 0.102. The number of nitrogens with one attached hydrogen (secondary N) is 2. The van der Waals surface area contributed by atoms with Crippen LogP contribution < -0.4 is 21.3 Å². The molecule has 0 radical (unpaired) electrons. The topological polar surface area (TPSA) is 102 Å². The number of hydrazine groups is 1. The number of carbonyl (C=O) groups is 1. The van der Waals surface area contributed by atoms with Gasteiger partial charge < -0.3 is 15.5 Å². The molecule has 0 atom stereocenters. The highest BCUT2D eigenvalue weighted by Gasteiger charge is 2.08. The Bertz CT molecular complexity index is 596. The minimum atomic E-state index is -0.344. The molecule has 0 unspecified atom stereocenters. The number of nitrogens with zero attached hydrogens (tertiary/aromatic N) is 2. The van der Waals surface area contributed by atoms with E-state index < -0.39 is 0 Å². The molecule has 110 valence electrons. The number of nitrogens with two attached hydrogens (primary N) is 1. The summed E-state index contributed by atoms with van der Waals surface area (Å²) in [7, 11) is 0. The van der Waals surface area contributed by atoms with Gasteiger partial charge >= 0.3 is 0 Å². The lowest BCUT2D eigenvalue weighted by Gasteiger charge is -2.10. The number of nitrogen functional groups attached to an aromatic ring is 1. The average molecular weight is 287 g/mol. The zero-order valence-electron chi connectivity index (χ0n) is 11.8. The largest absolute Gasteiger partial charge is 0.491 e. The number of benzene rings is 1. The third kappa shape index (κ3) is 4.15. The zero-order chi connectivity index (χ0) is 15.2. The lowest BCUT2D eigenvalue weighted by Crippen LogP contribution is -2.15. The molecular weight excluding hydrogens is 270 g/mol. The van der Waals surface area contributed by atoms with E-state index >= 15 is 0 Å². The molecule has 0 saturated heterocycles. The Morgan fingerprint density at radius 2 is 1.90 bits per heavy atom. The molecule has 0 fully saturated rings. The van der Waals surface area contributed by atoms with Crippen molar-refractivity contribution in [1.82, 2.24) is 9.97 Å². The van der Waals surface area contributed by atoms with Crippen LogP contribution in [0.4, 0.5) is 11.5 Å². The van der Waals surface area contributed by atoms with Crippen molar-refractivity contribution in [2.75, 3.05) is 10.7 Å². The van der Waals surface area contributed by atoms with Gasteiger partial charge in [-0.15, -0.1) is 0 Å². The molecule has 1 heterocycles. The molecule has 1 aromatic heterocycles. The quantitative estimate of drug-likeness (QED) is 0.572. The maximum absolute atomic E-state index is 12.0. The van der Waals surface area contributed by atoms with E-state index in [1.807, 2.05) is 13.8 Å². The van der Waals surface area contributed by atoms with Gasteiger partial charge in [-0.3, -0.25) is 4.79 Å². The molecule has 7 heteroatoms. The van der Waals surface area contributed by atoms with Crippen molar-refractivity contribution in [1.29, 1.82) is 0 Å². The van der Waals surface area contributed by atoms with Gasteiger partial charge in [0.2, 0.25) is 0 Å². The highest BCUT2D eigenvalue weighted by atomic mass is 16.5. The second-order valence-corrected chi connectivity index (χ2v) is 4.58. The van der Waals surface area contributed by atoms with E-state index in [1.54, 1.807) is 24.3 Å². The first-order valence-electron chi connectivity index (χ1n) is 6.45. The van der Waals surface area contributed by atoms with Crippen LogP contribution in [0.25, 0.3) is 0 Å². The summed E-state index contributed by atoms with van der Waals surface area (Å²) in [4.78, 5) is 19.9. The molecular formula is C14H17N5O2. The Morgan fingerprint density at radius 1 is 1.19 bits per heavy atom. The third-order valence-corrected chi connectivity index (χ3v) is 2.52. The first kappa shape index (κ1) is 14.7. The van der Waals surface area contributed by atoms with Crippen molar-refractivity contribution < 1.29 is 9.53 Å². The monoisotopic (exact) mass is 287 g/mol. The fourth-order valence-corrected chi connectivity index (χ4v) is 1.60. The van der Waals surface area contributed by atoms with Gasteiger partial charge in [0.15, 0.2) is 5.82 Å². The second kappa shape index (κ2) is 6.67. The molecule has 1 amide bonds. The number of ether oxygens (including phenoxy) is 1. The van der Waals surface area contributed by atoms with E-state index in [4.69, 9.17) is 10.6 Å². The molecule has 4 N–H and O–H groups in total. The summed E-state index contributed by atoms with van der Waals surface area (Å²) in [6.07, 6.45) is 2.84. The van der Waals surface area contributed by atoms with Crippen LogP contribution in [-0.4, -0.2) is 22.0 Å². The van der Waals surface area contributed by atoms with Crippen molar-refractivity contribution in [3.63, 3.8) is 0 Å². The van der Waals surface area contributed by atoms with E-state index in [2.05, 4.69) is 20.7 Å². The average Bonchev–Trinajstić information content (AvgIpc) is 2.49. The zero-order valence-corrected chi connectivity index (χ0v) is 11.8. The van der Waals surface area contributed by atoms with Crippen molar-refractivity contribution in [3.05, 3.63) is 42.4 Å². The van der Waals surface area contributed by atoms with Crippen LogP contribution >= 0.6 is 0 Å². The molecule has 2 aromatic rings. The van der Waals surface area contributed by atoms with Crippen molar-refractivity contribution in [2.45, 2.75) is 20.0 Å². The number of anilines is 2. The fourth-order valence-electron chi connectivity index (χ4n) is 1.60. The highest BCUT2D eigenvalue weighted by molar-refractivity contribution is 6.02. The minimum Gasteiger partial charge on any atom is -0.491 e. The van der Waals surface area contributed by atoms with Gasteiger partial charge in [-0.25, -0.2) is 15.8 Å². The number of hydrogen-bond donors (Lipinski definition) is 3. The minimum absolute atomic E-state index is 0.107. The van der Waals surface area contributed by atoms with Crippen LogP contribution in [-0.2, 0) is 0 Å². The number of rotatable bonds is 5. The molecule has 2 rings (SSSR count). The van der Waals surface area contributed by atoms with E-state index in [0.29, 0.717) is 11.5 Å². The summed E-state index contributed by atoms with van der Waals surface area (Å²) in [5.74, 6) is 5.98. The summed E-state index contributed by atoms with van der Waals surface area (Å²) >= 11 is 0. The maximum Gasteiger partial charge on any atom is 0.275 e. The Morgan fingerprint density at radius 3 is 2.43 bits per heavy atom. The summed E-state index contributed by atoms with van der Waals surface area (Å²) in [6.45, 7) is 3.91. The molecule has 0 spiro atoms. The summed E-state index contributed by atoms with van der Waals surface area (Å²) in [6, 6.07) is 7.11. The van der Waals surface area contributed by atoms with Gasteiger partial charge in [-0.1, -0.05) is 0 Å². The van der Waals surface area contributed by atoms with Gasteiger partial charge in [0.1, 0.15) is 11.4 Å². The first-order valence-corrected chi connectivity index (χ1v) is 6.45. The van der Waals surface area contributed by atoms with Crippen molar-refractivity contribution in [3.8, 4) is 5.75 Å². The Kier molecular flexibility index (Phi) is 4.68. The standard InChI is InChI=1S/C14H17N5O2/c1-9(2)21-11-5-3-10(4-6-11)18-14(20)12-7-17-13(19-15)8-16-12/h3-9H,15H2,1-2H3,(H,17,19)(H,18,20). The predicted molar refractivity (Wildman–Crippen MR) is 80.0 cm³/mol. The Labute approximate surface area is 122 Å². The third-order valence-electron chi connectivity index (χ3n) is 2.52. The Hall–Kier alpha value is -2.67. The van der Waals surface area contributed by atoms with Gasteiger partial charge in [-0.05, 0) is 38.1 Å². The van der Waals surface area contributed by atoms with E-state index in [1.165, 1.54) is 12.4 Å². The number of amides is 1. The van der Waals surface area contributed by atoms with Crippen LogP contribution in [0.5, 0.6) is 5.75 Å². The lowest BCUT2D eigenvalue weighted by atomic mass is 10.3. The molecule has 0 aliphatic carbocycles. The maximum atomic E-state index is 12.0. The summed E-state index contributed by atoms with van der Waals surface area (Å²) in [5, 5.41) is 2.73. The highest BCUT2D eigenvalue weighted by Crippen LogP contribution is 2.17. The Balaban J connectivity index is 2.01. The van der Waals surface area contributed by atoms with Gasteiger partial charge in [0.05, 0.1) is 18.5 Å². The SMILES string of the molecule is CC(C)Oc1ccc(NC(=O)c2cnc(NN)cn2)cc1. The fraction of sp³-hybridized carbons (Fsp3) is 0.214. The molecule has 1 aromatic carbocycles. The van der Waals surface area contributed by atoms with Crippen molar-refractivity contribution >= 4 is 17.4 Å². The molecule has 21 heavy (non-hydrogen) atoms. The number of aromatic nitrogens is 2.